The van der Waals surface area contributed by atoms with Crippen molar-refractivity contribution in [1.82, 2.24) is 0 Å². The highest BCUT2D eigenvalue weighted by molar-refractivity contribution is 6.04. The minimum atomic E-state index is -0.212. The summed E-state index contributed by atoms with van der Waals surface area (Å²) in [6.45, 7) is 3.52. The Morgan fingerprint density at radius 2 is 1.30 bits per heavy atom. The molecule has 1 aliphatic rings. The second kappa shape index (κ2) is 8.86. The van der Waals surface area contributed by atoms with Gasteiger partial charge < -0.3 is 19.9 Å². The lowest BCUT2D eigenvalue weighted by atomic mass is 10.2. The molecule has 1 aliphatic heterocycles. The molecule has 1 heterocycles. The molecule has 1 N–H and O–H groups in total. The van der Waals surface area contributed by atoms with Gasteiger partial charge in [0, 0.05) is 48.8 Å². The predicted octanol–water partition coefficient (Wildman–Crippen LogP) is 4.41. The van der Waals surface area contributed by atoms with E-state index in [2.05, 4.69) is 15.1 Å². The summed E-state index contributed by atoms with van der Waals surface area (Å²) < 4.78 is 18.2. The third-order valence-electron chi connectivity index (χ3n) is 5.31. The molecule has 1 amide bonds. The first-order valence-electron chi connectivity index (χ1n) is 9.93. The molecule has 6 heteroatoms. The number of carbonyl (C=O) groups excluding carboxylic acids is 1. The van der Waals surface area contributed by atoms with Gasteiger partial charge in [0.05, 0.1) is 7.11 Å². The van der Waals surface area contributed by atoms with Crippen molar-refractivity contribution in [3.63, 3.8) is 0 Å². The Kier molecular flexibility index (Phi) is 5.84. The van der Waals surface area contributed by atoms with Gasteiger partial charge in [0.1, 0.15) is 11.6 Å². The van der Waals surface area contributed by atoms with Crippen LogP contribution in [0.1, 0.15) is 10.4 Å². The van der Waals surface area contributed by atoms with Gasteiger partial charge in [-0.25, -0.2) is 4.39 Å². The van der Waals surface area contributed by atoms with Gasteiger partial charge in [-0.15, -0.1) is 0 Å². The third kappa shape index (κ3) is 4.54. The number of amides is 1. The molecule has 4 rings (SSSR count). The Morgan fingerprint density at radius 3 is 1.80 bits per heavy atom. The zero-order chi connectivity index (χ0) is 20.9. The number of benzene rings is 3. The molecule has 3 aromatic carbocycles. The molecule has 0 aromatic heterocycles. The molecule has 5 nitrogen and oxygen atoms in total. The summed E-state index contributed by atoms with van der Waals surface area (Å²) in [5.41, 5.74) is 3.50. The molecule has 154 valence electrons. The van der Waals surface area contributed by atoms with E-state index in [-0.39, 0.29) is 11.7 Å². The molecule has 1 saturated heterocycles. The highest BCUT2D eigenvalue weighted by Gasteiger charge is 2.17. The second-order valence-electron chi connectivity index (χ2n) is 7.18. The maximum atomic E-state index is 13.1. The van der Waals surface area contributed by atoms with Crippen LogP contribution in [0.2, 0.25) is 0 Å². The SMILES string of the molecule is COc1ccc(C(=O)Nc2ccc(N3CCN(c4ccc(F)cc4)CC3)cc2)cc1. The standard InChI is InChI=1S/C24H24FN3O2/c1-30-23-12-2-18(3-13-23)24(29)26-20-6-10-22(11-7-20)28-16-14-27(15-17-28)21-8-4-19(25)5-9-21/h2-13H,14-17H2,1H3,(H,26,29). The highest BCUT2D eigenvalue weighted by Crippen LogP contribution is 2.23. The number of piperazine rings is 1. The van der Waals surface area contributed by atoms with Crippen LogP contribution in [-0.2, 0) is 0 Å². The molecule has 0 bridgehead atoms. The quantitative estimate of drug-likeness (QED) is 0.683. The van der Waals surface area contributed by atoms with Gasteiger partial charge in [-0.3, -0.25) is 4.79 Å². The van der Waals surface area contributed by atoms with Crippen LogP contribution in [-0.4, -0.2) is 39.2 Å². The van der Waals surface area contributed by atoms with Crippen molar-refractivity contribution >= 4 is 23.0 Å². The number of carbonyl (C=O) groups is 1. The van der Waals surface area contributed by atoms with Gasteiger partial charge in [-0.1, -0.05) is 0 Å². The first kappa shape index (κ1) is 19.8. The van der Waals surface area contributed by atoms with Crippen LogP contribution in [0.15, 0.2) is 72.8 Å². The topological polar surface area (TPSA) is 44.8 Å². The number of methoxy groups -OCH3 is 1. The third-order valence-corrected chi connectivity index (χ3v) is 5.31. The summed E-state index contributed by atoms with van der Waals surface area (Å²) in [5, 5.41) is 2.92. The summed E-state index contributed by atoms with van der Waals surface area (Å²) in [4.78, 5) is 17.0. The van der Waals surface area contributed by atoms with Crippen molar-refractivity contribution in [2.75, 3.05) is 48.4 Å². The summed E-state index contributed by atoms with van der Waals surface area (Å²) in [5.74, 6) is 0.352. The number of hydrogen-bond acceptors (Lipinski definition) is 4. The Balaban J connectivity index is 1.33. The largest absolute Gasteiger partial charge is 0.497 e. The fourth-order valence-corrected chi connectivity index (χ4v) is 3.58. The fourth-order valence-electron chi connectivity index (χ4n) is 3.58. The van der Waals surface area contributed by atoms with Crippen molar-refractivity contribution in [1.29, 1.82) is 0 Å². The van der Waals surface area contributed by atoms with Gasteiger partial charge in [0.15, 0.2) is 0 Å². The lowest BCUT2D eigenvalue weighted by molar-refractivity contribution is 0.102. The smallest absolute Gasteiger partial charge is 0.255 e. The van der Waals surface area contributed by atoms with Crippen molar-refractivity contribution < 1.29 is 13.9 Å². The molecule has 3 aromatic rings. The molecule has 30 heavy (non-hydrogen) atoms. The van der Waals surface area contributed by atoms with Crippen LogP contribution in [0, 0.1) is 5.82 Å². The van der Waals surface area contributed by atoms with Crippen LogP contribution >= 0.6 is 0 Å². The highest BCUT2D eigenvalue weighted by atomic mass is 19.1. The molecule has 0 radical (unpaired) electrons. The molecule has 0 unspecified atom stereocenters. The van der Waals surface area contributed by atoms with Gasteiger partial charge in [-0.05, 0) is 72.8 Å². The van der Waals surface area contributed by atoms with E-state index in [1.807, 2.05) is 36.4 Å². The predicted molar refractivity (Wildman–Crippen MR) is 118 cm³/mol. The van der Waals surface area contributed by atoms with Gasteiger partial charge >= 0.3 is 0 Å². The van der Waals surface area contributed by atoms with E-state index in [1.54, 1.807) is 31.4 Å². The Hall–Kier alpha value is -3.54. The zero-order valence-corrected chi connectivity index (χ0v) is 16.8. The molecule has 0 spiro atoms. The lowest BCUT2D eigenvalue weighted by Gasteiger charge is -2.37. The Morgan fingerprint density at radius 1 is 0.800 bits per heavy atom. The molecule has 0 saturated carbocycles. The van der Waals surface area contributed by atoms with E-state index in [1.165, 1.54) is 12.1 Å². The number of hydrogen-bond donors (Lipinski definition) is 1. The van der Waals surface area contributed by atoms with Crippen LogP contribution in [0.25, 0.3) is 0 Å². The maximum Gasteiger partial charge on any atom is 0.255 e. The van der Waals surface area contributed by atoms with Crippen molar-refractivity contribution in [2.24, 2.45) is 0 Å². The fraction of sp³-hybridized carbons (Fsp3) is 0.208. The summed E-state index contributed by atoms with van der Waals surface area (Å²) in [6, 6.07) is 21.6. The average molecular weight is 405 g/mol. The van der Waals surface area contributed by atoms with Crippen molar-refractivity contribution in [2.45, 2.75) is 0 Å². The molecule has 1 fully saturated rings. The number of anilines is 3. The summed E-state index contributed by atoms with van der Waals surface area (Å²) >= 11 is 0. The van der Waals surface area contributed by atoms with Gasteiger partial charge in [0.25, 0.3) is 5.91 Å². The van der Waals surface area contributed by atoms with Crippen molar-refractivity contribution in [3.8, 4) is 5.75 Å². The normalized spacial score (nSPS) is 13.8. The lowest BCUT2D eigenvalue weighted by Crippen LogP contribution is -2.46. The maximum absolute atomic E-state index is 13.1. The minimum absolute atomic E-state index is 0.154. The summed E-state index contributed by atoms with van der Waals surface area (Å²) in [7, 11) is 1.60. The van der Waals surface area contributed by atoms with E-state index >= 15 is 0 Å². The van der Waals surface area contributed by atoms with Crippen LogP contribution in [0.5, 0.6) is 5.75 Å². The van der Waals surface area contributed by atoms with Crippen LogP contribution in [0.3, 0.4) is 0 Å². The average Bonchev–Trinajstić information content (AvgIpc) is 2.80. The van der Waals surface area contributed by atoms with E-state index in [0.29, 0.717) is 5.56 Å². The minimum Gasteiger partial charge on any atom is -0.497 e. The van der Waals surface area contributed by atoms with Crippen molar-refractivity contribution in [3.05, 3.63) is 84.2 Å². The first-order valence-corrected chi connectivity index (χ1v) is 9.93. The summed E-state index contributed by atoms with van der Waals surface area (Å²) in [6.07, 6.45) is 0. The van der Waals surface area contributed by atoms with E-state index < -0.39 is 0 Å². The number of nitrogens with zero attached hydrogens (tertiary/aromatic N) is 2. The van der Waals surface area contributed by atoms with Crippen LogP contribution in [0.4, 0.5) is 21.5 Å². The molecule has 0 aliphatic carbocycles. The van der Waals surface area contributed by atoms with E-state index in [4.69, 9.17) is 4.74 Å². The van der Waals surface area contributed by atoms with Gasteiger partial charge in [0.2, 0.25) is 0 Å². The molecular weight excluding hydrogens is 381 g/mol. The molecule has 0 atom stereocenters. The van der Waals surface area contributed by atoms with E-state index in [9.17, 15) is 9.18 Å². The Labute approximate surface area is 175 Å². The second-order valence-corrected chi connectivity index (χ2v) is 7.18. The number of nitrogens with one attached hydrogen (secondary N) is 1. The Bertz CT molecular complexity index is 980. The van der Waals surface area contributed by atoms with Crippen LogP contribution < -0.4 is 19.9 Å². The van der Waals surface area contributed by atoms with Gasteiger partial charge in [-0.2, -0.15) is 0 Å². The number of halogens is 1. The molecular formula is C24H24FN3O2. The number of ether oxygens (including phenoxy) is 1. The monoisotopic (exact) mass is 405 g/mol. The van der Waals surface area contributed by atoms with E-state index in [0.717, 1.165) is 49.0 Å². The number of rotatable bonds is 5. The zero-order valence-electron chi connectivity index (χ0n) is 16.8. The first-order chi connectivity index (χ1) is 14.6.